The van der Waals surface area contributed by atoms with Crippen LogP contribution in [-0.2, 0) is 11.3 Å². The number of quaternary nitrogens is 1. The summed E-state index contributed by atoms with van der Waals surface area (Å²) in [5, 5.41) is 3.89. The van der Waals surface area contributed by atoms with Crippen molar-refractivity contribution in [3.8, 4) is 5.75 Å². The van der Waals surface area contributed by atoms with Gasteiger partial charge in [-0.3, -0.25) is 4.79 Å². The lowest BCUT2D eigenvalue weighted by Crippen LogP contribution is -3.12. The average molecular weight is 388 g/mol. The van der Waals surface area contributed by atoms with Crippen LogP contribution in [0.25, 0.3) is 0 Å². The highest BCUT2D eigenvalue weighted by Gasteiger charge is 2.23. The van der Waals surface area contributed by atoms with Gasteiger partial charge in [0.05, 0.1) is 13.1 Å². The van der Waals surface area contributed by atoms with E-state index in [4.69, 9.17) is 16.3 Å². The Balaban J connectivity index is 1.38. The number of ether oxygens (including phenoxy) is 1. The second-order valence-corrected chi connectivity index (χ2v) is 7.87. The van der Waals surface area contributed by atoms with E-state index in [9.17, 15) is 4.79 Å². The van der Waals surface area contributed by atoms with Crippen molar-refractivity contribution in [2.45, 2.75) is 39.3 Å². The van der Waals surface area contributed by atoms with E-state index in [1.807, 2.05) is 37.3 Å². The Labute approximate surface area is 166 Å². The van der Waals surface area contributed by atoms with Gasteiger partial charge in [0.1, 0.15) is 12.3 Å². The van der Waals surface area contributed by atoms with Crippen molar-refractivity contribution in [1.82, 2.24) is 5.32 Å². The molecular formula is C22H28ClN2O2+. The van der Waals surface area contributed by atoms with Crippen molar-refractivity contribution < 1.29 is 14.4 Å². The van der Waals surface area contributed by atoms with E-state index in [0.29, 0.717) is 0 Å². The summed E-state index contributed by atoms with van der Waals surface area (Å²) in [6.07, 6.45) is 2.00. The minimum absolute atomic E-state index is 0.0422. The Bertz CT molecular complexity index is 768. The molecule has 5 heteroatoms. The van der Waals surface area contributed by atoms with Crippen LogP contribution in [0.3, 0.4) is 0 Å². The zero-order chi connectivity index (χ0) is 19.2. The van der Waals surface area contributed by atoms with Crippen LogP contribution in [0.4, 0.5) is 0 Å². The number of likely N-dealkylation sites (tertiary alicyclic amines) is 1. The van der Waals surface area contributed by atoms with Crippen molar-refractivity contribution >= 4 is 17.5 Å². The van der Waals surface area contributed by atoms with Gasteiger partial charge in [-0.1, -0.05) is 29.8 Å². The highest BCUT2D eigenvalue weighted by atomic mass is 35.5. The lowest BCUT2D eigenvalue weighted by molar-refractivity contribution is -0.918. The molecule has 0 radical (unpaired) electrons. The summed E-state index contributed by atoms with van der Waals surface area (Å²) in [6.45, 7) is 7.31. The molecule has 2 aromatic carbocycles. The number of rotatable bonds is 6. The molecular weight excluding hydrogens is 360 g/mol. The molecule has 0 bridgehead atoms. The molecule has 1 fully saturated rings. The molecule has 0 unspecified atom stereocenters. The number of benzene rings is 2. The standard InChI is InChI=1S/C22H27ClN2O2/c1-16-3-8-21(13-17(16)2)27-15-22(26)24-20-9-11-25(12-10-20)14-18-4-6-19(23)7-5-18/h3-8,13,20H,9-12,14-15H2,1-2H3,(H,24,26)/p+1. The molecule has 1 heterocycles. The quantitative estimate of drug-likeness (QED) is 0.800. The number of aryl methyl sites for hydroxylation is 2. The Hall–Kier alpha value is -2.04. The summed E-state index contributed by atoms with van der Waals surface area (Å²) in [4.78, 5) is 13.7. The van der Waals surface area contributed by atoms with Gasteiger partial charge >= 0.3 is 0 Å². The Kier molecular flexibility index (Phi) is 6.75. The molecule has 144 valence electrons. The first-order valence-corrected chi connectivity index (χ1v) is 9.95. The molecule has 0 aromatic heterocycles. The lowest BCUT2D eigenvalue weighted by atomic mass is 10.0. The third-order valence-corrected chi connectivity index (χ3v) is 5.53. The third-order valence-electron chi connectivity index (χ3n) is 5.27. The van der Waals surface area contributed by atoms with Crippen LogP contribution in [0, 0.1) is 13.8 Å². The molecule has 2 N–H and O–H groups in total. The van der Waals surface area contributed by atoms with Crippen LogP contribution in [0.1, 0.15) is 29.5 Å². The smallest absolute Gasteiger partial charge is 0.258 e. The number of carbonyl (C=O) groups is 1. The number of amides is 1. The minimum Gasteiger partial charge on any atom is -0.484 e. The summed E-state index contributed by atoms with van der Waals surface area (Å²) in [6, 6.07) is 14.2. The first-order valence-electron chi connectivity index (χ1n) is 9.57. The average Bonchev–Trinajstić information content (AvgIpc) is 2.66. The number of piperidine rings is 1. The number of halogens is 1. The van der Waals surface area contributed by atoms with E-state index >= 15 is 0 Å². The second-order valence-electron chi connectivity index (χ2n) is 7.43. The van der Waals surface area contributed by atoms with E-state index in [-0.39, 0.29) is 18.6 Å². The fourth-order valence-electron chi connectivity index (χ4n) is 3.46. The van der Waals surface area contributed by atoms with Gasteiger partial charge in [-0.25, -0.2) is 0 Å². The highest BCUT2D eigenvalue weighted by molar-refractivity contribution is 6.30. The zero-order valence-corrected chi connectivity index (χ0v) is 16.8. The fraction of sp³-hybridized carbons (Fsp3) is 0.409. The molecule has 2 aromatic rings. The number of carbonyl (C=O) groups excluding carboxylic acids is 1. The number of nitrogens with one attached hydrogen (secondary N) is 2. The van der Waals surface area contributed by atoms with Gasteiger partial charge in [-0.05, 0) is 49.2 Å². The van der Waals surface area contributed by atoms with Gasteiger partial charge in [0, 0.05) is 29.5 Å². The third kappa shape index (κ3) is 5.98. The van der Waals surface area contributed by atoms with E-state index in [1.165, 1.54) is 16.7 Å². The Morgan fingerprint density at radius 1 is 1.11 bits per heavy atom. The number of hydrogen-bond donors (Lipinski definition) is 2. The minimum atomic E-state index is -0.0422. The maximum absolute atomic E-state index is 12.2. The summed E-state index contributed by atoms with van der Waals surface area (Å²) in [5.41, 5.74) is 3.70. The van der Waals surface area contributed by atoms with Crippen LogP contribution in [0.15, 0.2) is 42.5 Å². The molecule has 1 aliphatic heterocycles. The molecule has 1 amide bonds. The molecule has 0 spiro atoms. The molecule has 0 atom stereocenters. The van der Waals surface area contributed by atoms with Gasteiger partial charge in [-0.2, -0.15) is 0 Å². The van der Waals surface area contributed by atoms with Crippen molar-refractivity contribution in [3.05, 3.63) is 64.2 Å². The SMILES string of the molecule is Cc1ccc(OCC(=O)NC2CC[NH+](Cc3ccc(Cl)cc3)CC2)cc1C. The van der Waals surface area contributed by atoms with Gasteiger partial charge in [0.25, 0.3) is 5.91 Å². The lowest BCUT2D eigenvalue weighted by Gasteiger charge is -2.29. The molecule has 27 heavy (non-hydrogen) atoms. The summed E-state index contributed by atoms with van der Waals surface area (Å²) >= 11 is 5.94. The highest BCUT2D eigenvalue weighted by Crippen LogP contribution is 2.16. The summed E-state index contributed by atoms with van der Waals surface area (Å²) in [5.74, 6) is 0.704. The predicted molar refractivity (Wildman–Crippen MR) is 108 cm³/mol. The number of hydrogen-bond acceptors (Lipinski definition) is 2. The van der Waals surface area contributed by atoms with Crippen LogP contribution in [0.5, 0.6) is 5.75 Å². The Morgan fingerprint density at radius 2 is 1.81 bits per heavy atom. The van der Waals surface area contributed by atoms with Crippen LogP contribution < -0.4 is 15.0 Å². The molecule has 4 nitrogen and oxygen atoms in total. The summed E-state index contributed by atoms with van der Waals surface area (Å²) in [7, 11) is 0. The largest absolute Gasteiger partial charge is 0.484 e. The van der Waals surface area contributed by atoms with Gasteiger partial charge in [0.15, 0.2) is 6.61 Å². The molecule has 1 aliphatic rings. The molecule has 0 aliphatic carbocycles. The van der Waals surface area contributed by atoms with Crippen molar-refractivity contribution in [1.29, 1.82) is 0 Å². The van der Waals surface area contributed by atoms with E-state index in [0.717, 1.165) is 43.2 Å². The first-order chi connectivity index (χ1) is 13.0. The van der Waals surface area contributed by atoms with Crippen molar-refractivity contribution in [3.63, 3.8) is 0 Å². The predicted octanol–water partition coefficient (Wildman–Crippen LogP) is 2.70. The second kappa shape index (κ2) is 9.25. The normalized spacial score (nSPS) is 19.5. The van der Waals surface area contributed by atoms with E-state index in [1.54, 1.807) is 4.90 Å². The van der Waals surface area contributed by atoms with Gasteiger partial charge in [0.2, 0.25) is 0 Å². The summed E-state index contributed by atoms with van der Waals surface area (Å²) < 4.78 is 5.63. The molecule has 3 rings (SSSR count). The zero-order valence-electron chi connectivity index (χ0n) is 16.1. The monoisotopic (exact) mass is 387 g/mol. The van der Waals surface area contributed by atoms with Crippen LogP contribution in [0.2, 0.25) is 5.02 Å². The maximum atomic E-state index is 12.2. The van der Waals surface area contributed by atoms with Crippen molar-refractivity contribution in [2.24, 2.45) is 0 Å². The van der Waals surface area contributed by atoms with Gasteiger partial charge < -0.3 is 15.0 Å². The van der Waals surface area contributed by atoms with E-state index < -0.39 is 0 Å². The molecule has 1 saturated heterocycles. The van der Waals surface area contributed by atoms with Gasteiger partial charge in [-0.15, -0.1) is 0 Å². The first kappa shape index (κ1) is 19.7. The Morgan fingerprint density at radius 3 is 2.48 bits per heavy atom. The van der Waals surface area contributed by atoms with Crippen LogP contribution >= 0.6 is 11.6 Å². The topological polar surface area (TPSA) is 42.8 Å². The van der Waals surface area contributed by atoms with Crippen LogP contribution in [-0.4, -0.2) is 31.6 Å². The van der Waals surface area contributed by atoms with Crippen molar-refractivity contribution in [2.75, 3.05) is 19.7 Å². The van der Waals surface area contributed by atoms with E-state index in [2.05, 4.69) is 24.4 Å². The maximum Gasteiger partial charge on any atom is 0.258 e. The molecule has 0 saturated carbocycles. The fourth-order valence-corrected chi connectivity index (χ4v) is 3.59.